The van der Waals surface area contributed by atoms with Crippen LogP contribution in [-0.2, 0) is 6.54 Å². The standard InChI is InChI=1S/C21H27N3O/c1-3-23(16-18-9-5-4-6-10-18)20-12-19(13-22-14-20)21(25)24-11-7-8-17(2)15-24/h4-6,9-10,12-14,17H,3,7-8,11,15-16H2,1-2H3. The Morgan fingerprint density at radius 2 is 2.08 bits per heavy atom. The monoisotopic (exact) mass is 337 g/mol. The van der Waals surface area contributed by atoms with Crippen molar-refractivity contribution in [1.82, 2.24) is 9.88 Å². The Morgan fingerprint density at radius 1 is 1.28 bits per heavy atom. The molecule has 1 aromatic heterocycles. The van der Waals surface area contributed by atoms with Crippen LogP contribution in [-0.4, -0.2) is 35.4 Å². The Labute approximate surface area is 150 Å². The average Bonchev–Trinajstić information content (AvgIpc) is 2.66. The lowest BCUT2D eigenvalue weighted by Crippen LogP contribution is -2.39. The molecule has 2 heterocycles. The second-order valence-electron chi connectivity index (χ2n) is 6.93. The van der Waals surface area contributed by atoms with Crippen LogP contribution in [0.2, 0.25) is 0 Å². The molecular weight excluding hydrogens is 310 g/mol. The molecule has 1 atom stereocenters. The van der Waals surface area contributed by atoms with E-state index in [0.29, 0.717) is 11.5 Å². The zero-order chi connectivity index (χ0) is 17.6. The molecule has 1 amide bonds. The van der Waals surface area contributed by atoms with Gasteiger partial charge in [0.25, 0.3) is 5.91 Å². The predicted octanol–water partition coefficient (Wildman–Crippen LogP) is 3.98. The lowest BCUT2D eigenvalue weighted by molar-refractivity contribution is 0.0682. The first kappa shape index (κ1) is 17.5. The smallest absolute Gasteiger partial charge is 0.255 e. The first-order valence-electron chi connectivity index (χ1n) is 9.20. The molecule has 3 rings (SSSR count). The van der Waals surface area contributed by atoms with Crippen molar-refractivity contribution in [1.29, 1.82) is 0 Å². The van der Waals surface area contributed by atoms with Gasteiger partial charge in [0, 0.05) is 32.4 Å². The first-order chi connectivity index (χ1) is 12.2. The number of carbonyl (C=O) groups excluding carboxylic acids is 1. The van der Waals surface area contributed by atoms with Crippen molar-refractivity contribution in [3.8, 4) is 0 Å². The number of hydrogen-bond donors (Lipinski definition) is 0. The van der Waals surface area contributed by atoms with E-state index in [2.05, 4.69) is 48.0 Å². The first-order valence-corrected chi connectivity index (χ1v) is 9.20. The van der Waals surface area contributed by atoms with Gasteiger partial charge < -0.3 is 9.80 Å². The third-order valence-corrected chi connectivity index (χ3v) is 4.88. The molecule has 0 saturated carbocycles. The average molecular weight is 337 g/mol. The Kier molecular flexibility index (Phi) is 5.69. The number of aromatic nitrogens is 1. The topological polar surface area (TPSA) is 36.4 Å². The van der Waals surface area contributed by atoms with Crippen LogP contribution in [0.5, 0.6) is 0 Å². The fourth-order valence-corrected chi connectivity index (χ4v) is 3.46. The van der Waals surface area contributed by atoms with Gasteiger partial charge in [-0.2, -0.15) is 0 Å². The maximum absolute atomic E-state index is 12.8. The minimum Gasteiger partial charge on any atom is -0.366 e. The van der Waals surface area contributed by atoms with E-state index < -0.39 is 0 Å². The largest absolute Gasteiger partial charge is 0.366 e. The van der Waals surface area contributed by atoms with Gasteiger partial charge in [-0.3, -0.25) is 9.78 Å². The van der Waals surface area contributed by atoms with Crippen LogP contribution < -0.4 is 4.90 Å². The van der Waals surface area contributed by atoms with E-state index in [1.807, 2.05) is 23.2 Å². The van der Waals surface area contributed by atoms with Crippen LogP contribution in [0.3, 0.4) is 0 Å². The second-order valence-corrected chi connectivity index (χ2v) is 6.93. The number of nitrogens with zero attached hydrogens (tertiary/aromatic N) is 3. The van der Waals surface area contributed by atoms with Crippen LogP contribution in [0.1, 0.15) is 42.6 Å². The van der Waals surface area contributed by atoms with Crippen molar-refractivity contribution in [2.45, 2.75) is 33.2 Å². The fraction of sp³-hybridized carbons (Fsp3) is 0.429. The van der Waals surface area contributed by atoms with Crippen LogP contribution in [0.15, 0.2) is 48.8 Å². The molecule has 1 aliphatic heterocycles. The molecule has 2 aromatic rings. The summed E-state index contributed by atoms with van der Waals surface area (Å²) in [7, 11) is 0. The van der Waals surface area contributed by atoms with E-state index in [1.54, 1.807) is 6.20 Å². The fourth-order valence-electron chi connectivity index (χ4n) is 3.46. The summed E-state index contributed by atoms with van der Waals surface area (Å²) in [6.45, 7) is 7.74. The SMILES string of the molecule is CCN(Cc1ccccc1)c1cncc(C(=O)N2CCCC(C)C2)c1. The quantitative estimate of drug-likeness (QED) is 0.828. The van der Waals surface area contributed by atoms with E-state index in [-0.39, 0.29) is 5.91 Å². The Bertz CT molecular complexity index is 701. The van der Waals surface area contributed by atoms with E-state index in [4.69, 9.17) is 0 Å². The lowest BCUT2D eigenvalue weighted by Gasteiger charge is -2.31. The van der Waals surface area contributed by atoms with Gasteiger partial charge in [-0.1, -0.05) is 37.3 Å². The molecule has 1 fully saturated rings. The Hall–Kier alpha value is -2.36. The summed E-state index contributed by atoms with van der Waals surface area (Å²) >= 11 is 0. The molecule has 25 heavy (non-hydrogen) atoms. The predicted molar refractivity (Wildman–Crippen MR) is 102 cm³/mol. The minimum atomic E-state index is 0.108. The highest BCUT2D eigenvalue weighted by Crippen LogP contribution is 2.21. The zero-order valence-corrected chi connectivity index (χ0v) is 15.2. The second kappa shape index (κ2) is 8.15. The number of pyridine rings is 1. The van der Waals surface area contributed by atoms with Gasteiger partial charge >= 0.3 is 0 Å². The summed E-state index contributed by atoms with van der Waals surface area (Å²) in [4.78, 5) is 21.4. The molecule has 4 nitrogen and oxygen atoms in total. The van der Waals surface area contributed by atoms with Gasteiger partial charge in [-0.15, -0.1) is 0 Å². The molecule has 4 heteroatoms. The molecule has 1 aliphatic rings. The number of likely N-dealkylation sites (tertiary alicyclic amines) is 1. The highest BCUT2D eigenvalue weighted by atomic mass is 16.2. The minimum absolute atomic E-state index is 0.108. The van der Waals surface area contributed by atoms with E-state index in [0.717, 1.165) is 38.3 Å². The van der Waals surface area contributed by atoms with Crippen LogP contribution >= 0.6 is 0 Å². The maximum Gasteiger partial charge on any atom is 0.255 e. The summed E-state index contributed by atoms with van der Waals surface area (Å²) < 4.78 is 0. The molecule has 132 valence electrons. The Morgan fingerprint density at radius 3 is 2.80 bits per heavy atom. The summed E-state index contributed by atoms with van der Waals surface area (Å²) in [5.74, 6) is 0.690. The number of benzene rings is 1. The molecule has 1 aromatic carbocycles. The maximum atomic E-state index is 12.8. The van der Waals surface area contributed by atoms with Crippen molar-refractivity contribution in [3.63, 3.8) is 0 Å². The van der Waals surface area contributed by atoms with Crippen molar-refractivity contribution in [2.24, 2.45) is 5.92 Å². The van der Waals surface area contributed by atoms with Crippen LogP contribution in [0, 0.1) is 5.92 Å². The number of rotatable bonds is 5. The number of hydrogen-bond acceptors (Lipinski definition) is 3. The third kappa shape index (κ3) is 4.38. The van der Waals surface area contributed by atoms with Crippen LogP contribution in [0.4, 0.5) is 5.69 Å². The number of piperidine rings is 1. The summed E-state index contributed by atoms with van der Waals surface area (Å²) in [5.41, 5.74) is 2.95. The summed E-state index contributed by atoms with van der Waals surface area (Å²) in [6.07, 6.45) is 5.85. The highest BCUT2D eigenvalue weighted by Gasteiger charge is 2.22. The number of anilines is 1. The van der Waals surface area contributed by atoms with Gasteiger partial charge in [0.15, 0.2) is 0 Å². The van der Waals surface area contributed by atoms with Gasteiger partial charge in [-0.25, -0.2) is 0 Å². The molecule has 0 N–H and O–H groups in total. The molecule has 1 unspecified atom stereocenters. The molecule has 0 radical (unpaired) electrons. The zero-order valence-electron chi connectivity index (χ0n) is 15.2. The Balaban J connectivity index is 1.76. The van der Waals surface area contributed by atoms with Crippen molar-refractivity contribution in [2.75, 3.05) is 24.5 Å². The van der Waals surface area contributed by atoms with Crippen molar-refractivity contribution in [3.05, 3.63) is 59.9 Å². The van der Waals surface area contributed by atoms with Gasteiger partial charge in [0.2, 0.25) is 0 Å². The van der Waals surface area contributed by atoms with Gasteiger partial charge in [0.1, 0.15) is 0 Å². The highest BCUT2D eigenvalue weighted by molar-refractivity contribution is 5.94. The number of amides is 1. The molecular formula is C21H27N3O. The van der Waals surface area contributed by atoms with Crippen molar-refractivity contribution < 1.29 is 4.79 Å². The molecule has 0 bridgehead atoms. The molecule has 1 saturated heterocycles. The van der Waals surface area contributed by atoms with E-state index >= 15 is 0 Å². The van der Waals surface area contributed by atoms with E-state index in [9.17, 15) is 4.79 Å². The third-order valence-electron chi connectivity index (χ3n) is 4.88. The van der Waals surface area contributed by atoms with Gasteiger partial charge in [-0.05, 0) is 37.3 Å². The van der Waals surface area contributed by atoms with E-state index in [1.165, 1.54) is 12.0 Å². The normalized spacial score (nSPS) is 17.4. The van der Waals surface area contributed by atoms with Crippen molar-refractivity contribution >= 4 is 11.6 Å². The van der Waals surface area contributed by atoms with Crippen LogP contribution in [0.25, 0.3) is 0 Å². The summed E-state index contributed by atoms with van der Waals surface area (Å²) in [5, 5.41) is 0. The summed E-state index contributed by atoms with van der Waals surface area (Å²) in [6, 6.07) is 12.4. The lowest BCUT2D eigenvalue weighted by atomic mass is 10.00. The molecule has 0 spiro atoms. The van der Waals surface area contributed by atoms with Gasteiger partial charge in [0.05, 0.1) is 17.4 Å². The number of carbonyl (C=O) groups is 1. The molecule has 0 aliphatic carbocycles.